The Hall–Kier alpha value is -1.12. The second-order valence-electron chi connectivity index (χ2n) is 5.81. The molecule has 0 heterocycles. The molecule has 0 saturated carbocycles. The number of halogens is 1. The van der Waals surface area contributed by atoms with Crippen LogP contribution in [0.1, 0.15) is 50.0 Å². The van der Waals surface area contributed by atoms with Gasteiger partial charge in [0, 0.05) is 4.47 Å². The highest BCUT2D eigenvalue weighted by Gasteiger charge is 2.18. The Labute approximate surface area is 129 Å². The first kappa shape index (κ1) is 15.3. The normalized spacial score (nSPS) is 13.2. The SMILES string of the molecule is CCC(C)(C)c1ccc(C(O)c2ccc(Br)cc2)cc1. The standard InChI is InChI=1S/C18H21BrO/c1-4-18(2,3)15-9-5-13(6-10-15)17(20)14-7-11-16(19)12-8-14/h5-12,17,20H,4H2,1-3H3. The number of aliphatic hydroxyl groups excluding tert-OH is 1. The Kier molecular flexibility index (Phi) is 4.66. The first-order valence-electron chi connectivity index (χ1n) is 6.98. The minimum absolute atomic E-state index is 0.182. The molecule has 0 aromatic heterocycles. The van der Waals surface area contributed by atoms with Crippen LogP contribution in [-0.4, -0.2) is 5.11 Å². The quantitative estimate of drug-likeness (QED) is 0.813. The molecule has 0 saturated heterocycles. The zero-order valence-corrected chi connectivity index (χ0v) is 13.8. The van der Waals surface area contributed by atoms with E-state index in [1.165, 1.54) is 5.56 Å². The van der Waals surface area contributed by atoms with Crippen molar-refractivity contribution in [3.05, 3.63) is 69.7 Å². The van der Waals surface area contributed by atoms with Crippen LogP contribution in [0.15, 0.2) is 53.0 Å². The number of hydrogen-bond donors (Lipinski definition) is 1. The van der Waals surface area contributed by atoms with Crippen LogP contribution in [0.25, 0.3) is 0 Å². The summed E-state index contributed by atoms with van der Waals surface area (Å²) in [4.78, 5) is 0. The molecule has 0 aliphatic heterocycles. The Balaban J connectivity index is 2.23. The van der Waals surface area contributed by atoms with Crippen molar-refractivity contribution < 1.29 is 5.11 Å². The molecule has 1 N–H and O–H groups in total. The molecule has 1 unspecified atom stereocenters. The lowest BCUT2D eigenvalue weighted by Crippen LogP contribution is -2.15. The van der Waals surface area contributed by atoms with E-state index in [2.05, 4.69) is 48.8 Å². The van der Waals surface area contributed by atoms with E-state index in [1.807, 2.05) is 36.4 Å². The van der Waals surface area contributed by atoms with Gasteiger partial charge in [-0.15, -0.1) is 0 Å². The number of rotatable bonds is 4. The van der Waals surface area contributed by atoms with E-state index in [1.54, 1.807) is 0 Å². The minimum Gasteiger partial charge on any atom is -0.384 e. The van der Waals surface area contributed by atoms with Crippen molar-refractivity contribution in [2.45, 2.75) is 38.7 Å². The van der Waals surface area contributed by atoms with Crippen molar-refractivity contribution >= 4 is 15.9 Å². The van der Waals surface area contributed by atoms with Gasteiger partial charge in [0.05, 0.1) is 0 Å². The van der Waals surface area contributed by atoms with Gasteiger partial charge in [-0.25, -0.2) is 0 Å². The van der Waals surface area contributed by atoms with Gasteiger partial charge in [0.2, 0.25) is 0 Å². The Bertz CT molecular complexity index is 555. The third-order valence-corrected chi connectivity index (χ3v) is 4.61. The van der Waals surface area contributed by atoms with Gasteiger partial charge in [-0.3, -0.25) is 0 Å². The third kappa shape index (κ3) is 3.31. The van der Waals surface area contributed by atoms with Crippen LogP contribution in [0.3, 0.4) is 0 Å². The largest absolute Gasteiger partial charge is 0.384 e. The Morgan fingerprint density at radius 1 is 0.950 bits per heavy atom. The predicted molar refractivity (Wildman–Crippen MR) is 88.0 cm³/mol. The summed E-state index contributed by atoms with van der Waals surface area (Å²) in [6, 6.07) is 16.1. The van der Waals surface area contributed by atoms with Crippen LogP contribution < -0.4 is 0 Å². The average molecular weight is 333 g/mol. The second-order valence-corrected chi connectivity index (χ2v) is 6.73. The summed E-state index contributed by atoms with van der Waals surface area (Å²) in [7, 11) is 0. The molecular weight excluding hydrogens is 312 g/mol. The summed E-state index contributed by atoms with van der Waals surface area (Å²) in [5, 5.41) is 10.4. The Morgan fingerprint density at radius 2 is 1.40 bits per heavy atom. The molecule has 106 valence electrons. The molecule has 0 aliphatic carbocycles. The molecule has 2 rings (SSSR count). The maximum absolute atomic E-state index is 10.4. The topological polar surface area (TPSA) is 20.2 Å². The van der Waals surface area contributed by atoms with E-state index in [-0.39, 0.29) is 5.41 Å². The zero-order chi connectivity index (χ0) is 14.8. The van der Waals surface area contributed by atoms with E-state index in [0.29, 0.717) is 0 Å². The number of benzene rings is 2. The molecule has 0 bridgehead atoms. The highest BCUT2D eigenvalue weighted by atomic mass is 79.9. The van der Waals surface area contributed by atoms with Gasteiger partial charge in [0.1, 0.15) is 6.10 Å². The third-order valence-electron chi connectivity index (χ3n) is 4.08. The lowest BCUT2D eigenvalue weighted by atomic mass is 9.82. The van der Waals surface area contributed by atoms with E-state index >= 15 is 0 Å². The molecule has 0 amide bonds. The molecule has 0 aliphatic rings. The van der Waals surface area contributed by atoms with Gasteiger partial charge in [0.15, 0.2) is 0 Å². The van der Waals surface area contributed by atoms with E-state index in [4.69, 9.17) is 0 Å². The average Bonchev–Trinajstić information content (AvgIpc) is 2.47. The van der Waals surface area contributed by atoms with Gasteiger partial charge in [0.25, 0.3) is 0 Å². The van der Waals surface area contributed by atoms with E-state index in [0.717, 1.165) is 22.0 Å². The number of aliphatic hydroxyl groups is 1. The summed E-state index contributed by atoms with van der Waals surface area (Å²) in [6.07, 6.45) is 0.531. The van der Waals surface area contributed by atoms with Gasteiger partial charge >= 0.3 is 0 Å². The van der Waals surface area contributed by atoms with Crippen molar-refractivity contribution in [1.29, 1.82) is 0 Å². The van der Waals surface area contributed by atoms with Gasteiger partial charge in [-0.1, -0.05) is 73.1 Å². The molecule has 1 nitrogen and oxygen atoms in total. The first-order chi connectivity index (χ1) is 9.44. The fraction of sp³-hybridized carbons (Fsp3) is 0.333. The lowest BCUT2D eigenvalue weighted by molar-refractivity contribution is 0.220. The van der Waals surface area contributed by atoms with E-state index < -0.39 is 6.10 Å². The maximum atomic E-state index is 10.4. The molecule has 2 aromatic rings. The van der Waals surface area contributed by atoms with Crippen LogP contribution in [0.4, 0.5) is 0 Å². The molecular formula is C18H21BrO. The fourth-order valence-corrected chi connectivity index (χ4v) is 2.42. The van der Waals surface area contributed by atoms with Gasteiger partial charge in [-0.05, 0) is 40.7 Å². The van der Waals surface area contributed by atoms with Crippen molar-refractivity contribution in [3.8, 4) is 0 Å². The Morgan fingerprint density at radius 3 is 1.85 bits per heavy atom. The van der Waals surface area contributed by atoms with Crippen LogP contribution in [-0.2, 0) is 5.41 Å². The smallest absolute Gasteiger partial charge is 0.104 e. The highest BCUT2D eigenvalue weighted by Crippen LogP contribution is 2.29. The van der Waals surface area contributed by atoms with E-state index in [9.17, 15) is 5.11 Å². The second kappa shape index (κ2) is 6.11. The van der Waals surface area contributed by atoms with Crippen LogP contribution in [0.2, 0.25) is 0 Å². The summed E-state index contributed by atoms with van der Waals surface area (Å²) in [5.74, 6) is 0. The zero-order valence-electron chi connectivity index (χ0n) is 12.2. The van der Waals surface area contributed by atoms with Crippen molar-refractivity contribution in [3.63, 3.8) is 0 Å². The van der Waals surface area contributed by atoms with Gasteiger partial charge < -0.3 is 5.11 Å². The number of hydrogen-bond acceptors (Lipinski definition) is 1. The van der Waals surface area contributed by atoms with Crippen molar-refractivity contribution in [2.24, 2.45) is 0 Å². The van der Waals surface area contributed by atoms with Crippen molar-refractivity contribution in [2.75, 3.05) is 0 Å². The van der Waals surface area contributed by atoms with Gasteiger partial charge in [-0.2, -0.15) is 0 Å². The molecule has 0 fully saturated rings. The molecule has 0 spiro atoms. The molecule has 1 atom stereocenters. The summed E-state index contributed by atoms with van der Waals surface area (Å²) >= 11 is 3.41. The molecule has 2 aromatic carbocycles. The molecule has 2 heteroatoms. The first-order valence-corrected chi connectivity index (χ1v) is 7.77. The lowest BCUT2D eigenvalue weighted by Gasteiger charge is -2.24. The summed E-state index contributed by atoms with van der Waals surface area (Å²) in [5.41, 5.74) is 3.34. The van der Waals surface area contributed by atoms with Crippen LogP contribution in [0, 0.1) is 0 Å². The predicted octanol–water partition coefficient (Wildman–Crippen LogP) is 5.22. The summed E-state index contributed by atoms with van der Waals surface area (Å²) in [6.45, 7) is 6.69. The monoisotopic (exact) mass is 332 g/mol. The van der Waals surface area contributed by atoms with Crippen LogP contribution >= 0.6 is 15.9 Å². The summed E-state index contributed by atoms with van der Waals surface area (Å²) < 4.78 is 1.02. The maximum Gasteiger partial charge on any atom is 0.104 e. The molecule has 0 radical (unpaired) electrons. The van der Waals surface area contributed by atoms with Crippen molar-refractivity contribution in [1.82, 2.24) is 0 Å². The molecule has 20 heavy (non-hydrogen) atoms. The minimum atomic E-state index is -0.568. The fourth-order valence-electron chi connectivity index (χ4n) is 2.16. The van der Waals surface area contributed by atoms with Crippen LogP contribution in [0.5, 0.6) is 0 Å². The highest BCUT2D eigenvalue weighted by molar-refractivity contribution is 9.10.